The van der Waals surface area contributed by atoms with E-state index in [4.69, 9.17) is 10.5 Å². The minimum absolute atomic E-state index is 0.235. The zero-order valence-electron chi connectivity index (χ0n) is 12.7. The van der Waals surface area contributed by atoms with Crippen LogP contribution in [0.1, 0.15) is 26.3 Å². The monoisotopic (exact) mass is 295 g/mol. The number of anilines is 1. The number of esters is 1. The Morgan fingerprint density at radius 2 is 2.05 bits per heavy atom. The van der Waals surface area contributed by atoms with Crippen molar-refractivity contribution in [3.8, 4) is 0 Å². The summed E-state index contributed by atoms with van der Waals surface area (Å²) in [6, 6.07) is 2.50. The summed E-state index contributed by atoms with van der Waals surface area (Å²) < 4.78 is 9.81. The summed E-state index contributed by atoms with van der Waals surface area (Å²) >= 11 is 0. The van der Waals surface area contributed by atoms with Crippen molar-refractivity contribution in [3.05, 3.63) is 23.9 Å². The fourth-order valence-electron chi connectivity index (χ4n) is 1.58. The van der Waals surface area contributed by atoms with Crippen molar-refractivity contribution in [2.24, 2.45) is 0 Å². The van der Waals surface area contributed by atoms with E-state index in [1.54, 1.807) is 39.1 Å². The average Bonchev–Trinajstić information content (AvgIpc) is 2.37. The van der Waals surface area contributed by atoms with Crippen LogP contribution in [0, 0.1) is 0 Å². The number of rotatable bonds is 4. The first kappa shape index (κ1) is 16.7. The molecular formula is C14H21N3O4. The quantitative estimate of drug-likeness (QED) is 0.811. The molecule has 1 atom stereocenters. The molecule has 7 heteroatoms. The molecule has 0 aromatic carbocycles. The molecule has 0 aliphatic heterocycles. The molecule has 0 bridgehead atoms. The fraction of sp³-hybridized carbons (Fsp3) is 0.500. The highest BCUT2D eigenvalue weighted by Gasteiger charge is 2.25. The second-order valence-electron chi connectivity index (χ2n) is 5.52. The summed E-state index contributed by atoms with van der Waals surface area (Å²) in [6.07, 6.45) is 1.10. The first-order valence-electron chi connectivity index (χ1n) is 6.49. The Balaban J connectivity index is 2.74. The Morgan fingerprint density at radius 1 is 1.38 bits per heavy atom. The van der Waals surface area contributed by atoms with Gasteiger partial charge in [0.1, 0.15) is 17.5 Å². The maximum absolute atomic E-state index is 11.8. The summed E-state index contributed by atoms with van der Waals surface area (Å²) in [5, 5.41) is 2.49. The van der Waals surface area contributed by atoms with E-state index in [-0.39, 0.29) is 6.42 Å². The van der Waals surface area contributed by atoms with Crippen molar-refractivity contribution in [2.45, 2.75) is 38.8 Å². The lowest BCUT2D eigenvalue weighted by molar-refractivity contribution is -0.143. The number of ether oxygens (including phenoxy) is 2. The highest BCUT2D eigenvalue weighted by Crippen LogP contribution is 2.09. The number of nitrogens with zero attached hydrogens (tertiary/aromatic N) is 1. The standard InChI is InChI=1S/C14H21N3O4/c1-14(2,3)21-13(19)17-10(12(18)20-4)7-9-5-6-11(15)16-8-9/h5-6,8,10H,7H2,1-4H3,(H2,15,16)(H,17,19). The number of hydrogen-bond acceptors (Lipinski definition) is 6. The van der Waals surface area contributed by atoms with Crippen LogP contribution in [0.25, 0.3) is 0 Å². The molecule has 0 spiro atoms. The van der Waals surface area contributed by atoms with Crippen molar-refractivity contribution in [3.63, 3.8) is 0 Å². The van der Waals surface area contributed by atoms with Crippen LogP contribution in [0.5, 0.6) is 0 Å². The topological polar surface area (TPSA) is 104 Å². The van der Waals surface area contributed by atoms with Gasteiger partial charge in [0.05, 0.1) is 7.11 Å². The van der Waals surface area contributed by atoms with Crippen LogP contribution in [-0.4, -0.2) is 35.8 Å². The normalized spacial score (nSPS) is 12.4. The van der Waals surface area contributed by atoms with Gasteiger partial charge in [-0.2, -0.15) is 0 Å². The van der Waals surface area contributed by atoms with E-state index in [2.05, 4.69) is 15.0 Å². The van der Waals surface area contributed by atoms with Crippen LogP contribution in [0.3, 0.4) is 0 Å². The molecule has 1 unspecified atom stereocenters. The molecule has 1 aromatic rings. The van der Waals surface area contributed by atoms with Crippen LogP contribution >= 0.6 is 0 Å². The molecule has 1 amide bonds. The number of amides is 1. The van der Waals surface area contributed by atoms with Gasteiger partial charge in [0, 0.05) is 12.6 Å². The molecule has 0 aliphatic carbocycles. The van der Waals surface area contributed by atoms with Crippen molar-refractivity contribution in [1.82, 2.24) is 10.3 Å². The van der Waals surface area contributed by atoms with E-state index in [0.717, 1.165) is 5.56 Å². The van der Waals surface area contributed by atoms with Crippen LogP contribution < -0.4 is 11.1 Å². The third-order valence-corrected chi connectivity index (χ3v) is 2.46. The smallest absolute Gasteiger partial charge is 0.408 e. The lowest BCUT2D eigenvalue weighted by Gasteiger charge is -2.22. The Morgan fingerprint density at radius 3 is 2.52 bits per heavy atom. The molecule has 116 valence electrons. The number of carbonyl (C=O) groups is 2. The number of aromatic nitrogens is 1. The van der Waals surface area contributed by atoms with E-state index < -0.39 is 23.7 Å². The predicted molar refractivity (Wildman–Crippen MR) is 77.5 cm³/mol. The van der Waals surface area contributed by atoms with Gasteiger partial charge in [-0.05, 0) is 32.4 Å². The van der Waals surface area contributed by atoms with Gasteiger partial charge in [0.15, 0.2) is 0 Å². The SMILES string of the molecule is COC(=O)C(Cc1ccc(N)nc1)NC(=O)OC(C)(C)C. The van der Waals surface area contributed by atoms with Gasteiger partial charge in [-0.3, -0.25) is 0 Å². The molecular weight excluding hydrogens is 274 g/mol. The van der Waals surface area contributed by atoms with Gasteiger partial charge in [0.2, 0.25) is 0 Å². The summed E-state index contributed by atoms with van der Waals surface area (Å²) in [6.45, 7) is 5.22. The van der Waals surface area contributed by atoms with E-state index in [0.29, 0.717) is 5.82 Å². The van der Waals surface area contributed by atoms with Crippen molar-refractivity contribution < 1.29 is 19.1 Å². The molecule has 3 N–H and O–H groups in total. The number of nitrogens with two attached hydrogens (primary N) is 1. The fourth-order valence-corrected chi connectivity index (χ4v) is 1.58. The molecule has 21 heavy (non-hydrogen) atoms. The predicted octanol–water partition coefficient (Wildman–Crippen LogP) is 1.27. The lowest BCUT2D eigenvalue weighted by Crippen LogP contribution is -2.45. The Hall–Kier alpha value is -2.31. The summed E-state index contributed by atoms with van der Waals surface area (Å²) in [7, 11) is 1.26. The maximum atomic E-state index is 11.8. The first-order valence-corrected chi connectivity index (χ1v) is 6.49. The van der Waals surface area contributed by atoms with Gasteiger partial charge in [-0.25, -0.2) is 14.6 Å². The number of hydrogen-bond donors (Lipinski definition) is 2. The second kappa shape index (κ2) is 6.92. The van der Waals surface area contributed by atoms with Gasteiger partial charge in [-0.15, -0.1) is 0 Å². The lowest BCUT2D eigenvalue weighted by atomic mass is 10.1. The number of alkyl carbamates (subject to hydrolysis) is 1. The summed E-state index contributed by atoms with van der Waals surface area (Å²) in [5.74, 6) is -0.175. The van der Waals surface area contributed by atoms with Crippen molar-refractivity contribution in [1.29, 1.82) is 0 Å². The number of pyridine rings is 1. The third-order valence-electron chi connectivity index (χ3n) is 2.46. The number of methoxy groups -OCH3 is 1. The molecule has 0 saturated heterocycles. The largest absolute Gasteiger partial charge is 0.467 e. The second-order valence-corrected chi connectivity index (χ2v) is 5.52. The zero-order chi connectivity index (χ0) is 16.0. The number of carbonyl (C=O) groups excluding carboxylic acids is 2. The van der Waals surface area contributed by atoms with E-state index in [9.17, 15) is 9.59 Å². The minimum atomic E-state index is -0.852. The van der Waals surface area contributed by atoms with Crippen molar-refractivity contribution in [2.75, 3.05) is 12.8 Å². The van der Waals surface area contributed by atoms with Crippen LogP contribution in [0.4, 0.5) is 10.6 Å². The number of nitrogen functional groups attached to an aromatic ring is 1. The van der Waals surface area contributed by atoms with Gasteiger partial charge in [-0.1, -0.05) is 6.07 Å². The molecule has 0 aliphatic rings. The third kappa shape index (κ3) is 6.11. The maximum Gasteiger partial charge on any atom is 0.408 e. The van der Waals surface area contributed by atoms with Gasteiger partial charge < -0.3 is 20.5 Å². The van der Waals surface area contributed by atoms with Gasteiger partial charge >= 0.3 is 12.1 Å². The Kier molecular flexibility index (Phi) is 5.52. The van der Waals surface area contributed by atoms with E-state index in [1.165, 1.54) is 7.11 Å². The Bertz CT molecular complexity index is 494. The van der Waals surface area contributed by atoms with E-state index in [1.807, 2.05) is 0 Å². The Labute approximate surface area is 123 Å². The highest BCUT2D eigenvalue weighted by atomic mass is 16.6. The summed E-state index contributed by atoms with van der Waals surface area (Å²) in [4.78, 5) is 27.4. The van der Waals surface area contributed by atoms with Crippen LogP contribution in [-0.2, 0) is 20.7 Å². The minimum Gasteiger partial charge on any atom is -0.467 e. The van der Waals surface area contributed by atoms with E-state index >= 15 is 0 Å². The molecule has 0 saturated carbocycles. The highest BCUT2D eigenvalue weighted by molar-refractivity contribution is 5.81. The first-order chi connectivity index (χ1) is 9.71. The number of nitrogens with one attached hydrogen (secondary N) is 1. The molecule has 7 nitrogen and oxygen atoms in total. The molecule has 1 heterocycles. The van der Waals surface area contributed by atoms with Crippen molar-refractivity contribution >= 4 is 17.9 Å². The zero-order valence-corrected chi connectivity index (χ0v) is 12.7. The average molecular weight is 295 g/mol. The molecule has 1 aromatic heterocycles. The molecule has 0 radical (unpaired) electrons. The molecule has 0 fully saturated rings. The van der Waals surface area contributed by atoms with Crippen LogP contribution in [0.2, 0.25) is 0 Å². The van der Waals surface area contributed by atoms with Crippen LogP contribution in [0.15, 0.2) is 18.3 Å². The molecule has 1 rings (SSSR count). The van der Waals surface area contributed by atoms with Gasteiger partial charge in [0.25, 0.3) is 0 Å². The summed E-state index contributed by atoms with van der Waals surface area (Å²) in [5.41, 5.74) is 5.60.